The van der Waals surface area contributed by atoms with Crippen molar-refractivity contribution in [2.75, 3.05) is 0 Å². The van der Waals surface area contributed by atoms with Crippen LogP contribution in [0.4, 0.5) is 13.2 Å². The number of hydrogen-bond donors (Lipinski definition) is 1. The van der Waals surface area contributed by atoms with Crippen LogP contribution in [-0.4, -0.2) is 14.5 Å². The van der Waals surface area contributed by atoms with Gasteiger partial charge in [-0.2, -0.15) is 13.2 Å². The first-order chi connectivity index (χ1) is 11.8. The van der Waals surface area contributed by atoms with Crippen LogP contribution in [0.1, 0.15) is 31.2 Å². The fraction of sp³-hybridized carbons (Fsp3) is 0.211. The van der Waals surface area contributed by atoms with E-state index in [4.69, 9.17) is 0 Å². The Kier molecular flexibility index (Phi) is 3.39. The van der Waals surface area contributed by atoms with Gasteiger partial charge in [-0.15, -0.1) is 0 Å². The van der Waals surface area contributed by atoms with Crippen LogP contribution in [0.25, 0.3) is 27.6 Å². The number of aromatic amines is 1. The molecule has 128 valence electrons. The summed E-state index contributed by atoms with van der Waals surface area (Å²) < 4.78 is 41.1. The van der Waals surface area contributed by atoms with Gasteiger partial charge in [0.1, 0.15) is 11.3 Å². The Morgan fingerprint density at radius 1 is 1.00 bits per heavy atom. The first kappa shape index (κ1) is 15.7. The highest BCUT2D eigenvalue weighted by molar-refractivity contribution is 5.84. The second-order valence-corrected chi connectivity index (χ2v) is 6.42. The molecule has 0 radical (unpaired) electrons. The molecule has 6 heteroatoms. The monoisotopic (exact) mass is 343 g/mol. The normalized spacial score (nSPS) is 12.6. The van der Waals surface area contributed by atoms with Gasteiger partial charge >= 0.3 is 6.18 Å². The van der Waals surface area contributed by atoms with Crippen molar-refractivity contribution in [3.63, 3.8) is 0 Å². The number of nitrogens with one attached hydrogen (secondary N) is 1. The molecule has 25 heavy (non-hydrogen) atoms. The lowest BCUT2D eigenvalue weighted by Gasteiger charge is -2.14. The Morgan fingerprint density at radius 3 is 2.52 bits per heavy atom. The maximum atomic E-state index is 13.1. The van der Waals surface area contributed by atoms with Gasteiger partial charge in [-0.1, -0.05) is 13.8 Å². The Bertz CT molecular complexity index is 1070. The summed E-state index contributed by atoms with van der Waals surface area (Å²) >= 11 is 0. The molecule has 0 aliphatic carbocycles. The fourth-order valence-corrected chi connectivity index (χ4v) is 3.13. The first-order valence-electron chi connectivity index (χ1n) is 8.02. The van der Waals surface area contributed by atoms with E-state index in [0.717, 1.165) is 28.4 Å². The summed E-state index contributed by atoms with van der Waals surface area (Å²) in [4.78, 5) is 7.05. The van der Waals surface area contributed by atoms with Crippen LogP contribution in [0.5, 0.6) is 0 Å². The van der Waals surface area contributed by atoms with Crippen molar-refractivity contribution in [1.82, 2.24) is 14.5 Å². The zero-order valence-electron chi connectivity index (χ0n) is 13.7. The fourth-order valence-electron chi connectivity index (χ4n) is 3.13. The molecule has 0 amide bonds. The van der Waals surface area contributed by atoms with Crippen LogP contribution in [-0.2, 0) is 6.18 Å². The van der Waals surface area contributed by atoms with E-state index in [0.29, 0.717) is 11.0 Å². The predicted octanol–water partition coefficient (Wildman–Crippen LogP) is 5.65. The molecule has 0 aliphatic rings. The van der Waals surface area contributed by atoms with Gasteiger partial charge in [0, 0.05) is 33.9 Å². The van der Waals surface area contributed by atoms with E-state index < -0.39 is 11.9 Å². The van der Waals surface area contributed by atoms with Gasteiger partial charge in [-0.25, -0.2) is 4.98 Å². The highest BCUT2D eigenvalue weighted by atomic mass is 19.4. The largest absolute Gasteiger partial charge is 0.433 e. The van der Waals surface area contributed by atoms with Crippen LogP contribution in [0.3, 0.4) is 0 Å². The van der Waals surface area contributed by atoms with Crippen LogP contribution in [0, 0.1) is 0 Å². The lowest BCUT2D eigenvalue weighted by molar-refractivity contribution is -0.141. The smallest absolute Gasteiger partial charge is 0.361 e. The molecule has 3 heterocycles. The minimum Gasteiger partial charge on any atom is -0.361 e. The lowest BCUT2D eigenvalue weighted by Crippen LogP contribution is -2.09. The second kappa shape index (κ2) is 5.37. The molecule has 0 fully saturated rings. The summed E-state index contributed by atoms with van der Waals surface area (Å²) in [6.45, 7) is 4.04. The van der Waals surface area contributed by atoms with Crippen LogP contribution >= 0.6 is 0 Å². The van der Waals surface area contributed by atoms with Gasteiger partial charge in [-0.3, -0.25) is 4.57 Å². The molecule has 0 saturated heterocycles. The van der Waals surface area contributed by atoms with Gasteiger partial charge in [-0.05, 0) is 48.4 Å². The maximum absolute atomic E-state index is 13.1. The van der Waals surface area contributed by atoms with Gasteiger partial charge < -0.3 is 4.98 Å². The van der Waals surface area contributed by atoms with Crippen molar-refractivity contribution in [2.24, 2.45) is 0 Å². The molecule has 4 rings (SSSR count). The molecular weight excluding hydrogens is 327 g/mol. The Labute approximate surface area is 142 Å². The molecule has 1 N–H and O–H groups in total. The topological polar surface area (TPSA) is 33.6 Å². The summed E-state index contributed by atoms with van der Waals surface area (Å²) in [7, 11) is 0. The summed E-state index contributed by atoms with van der Waals surface area (Å²) in [5, 5.41) is 1.70. The van der Waals surface area contributed by atoms with Gasteiger partial charge in [0.25, 0.3) is 0 Å². The number of halogens is 3. The number of aromatic nitrogens is 3. The van der Waals surface area contributed by atoms with Gasteiger partial charge in [0.05, 0.1) is 0 Å². The Hall–Kier alpha value is -2.76. The van der Waals surface area contributed by atoms with Gasteiger partial charge in [0.15, 0.2) is 0 Å². The van der Waals surface area contributed by atoms with Crippen molar-refractivity contribution in [3.8, 4) is 5.69 Å². The zero-order valence-corrected chi connectivity index (χ0v) is 13.7. The average molecular weight is 343 g/mol. The third kappa shape index (κ3) is 2.58. The van der Waals surface area contributed by atoms with Crippen molar-refractivity contribution in [3.05, 3.63) is 60.0 Å². The van der Waals surface area contributed by atoms with E-state index in [1.165, 1.54) is 6.07 Å². The number of rotatable bonds is 2. The number of pyridine rings is 1. The van der Waals surface area contributed by atoms with Crippen molar-refractivity contribution >= 4 is 21.9 Å². The van der Waals surface area contributed by atoms with Gasteiger partial charge in [0.2, 0.25) is 0 Å². The SMILES string of the molecule is CC(C)c1cc2ccc(C(F)(F)F)nc2n1-c1ccc2[nH]ccc2c1. The molecule has 3 aromatic heterocycles. The third-order valence-corrected chi connectivity index (χ3v) is 4.36. The molecule has 0 bridgehead atoms. The molecule has 4 aromatic rings. The van der Waals surface area contributed by atoms with E-state index in [9.17, 15) is 13.2 Å². The molecule has 0 aliphatic heterocycles. The molecular formula is C19H16F3N3. The Balaban J connectivity index is 2.03. The highest BCUT2D eigenvalue weighted by Crippen LogP contribution is 2.33. The van der Waals surface area contributed by atoms with Crippen molar-refractivity contribution < 1.29 is 13.2 Å². The minimum absolute atomic E-state index is 0.144. The summed E-state index contributed by atoms with van der Waals surface area (Å²) in [5.41, 5.74) is 2.16. The molecule has 0 saturated carbocycles. The summed E-state index contributed by atoms with van der Waals surface area (Å²) in [6, 6.07) is 12.1. The molecule has 0 unspecified atom stereocenters. The summed E-state index contributed by atoms with van der Waals surface area (Å²) in [6.07, 6.45) is -2.63. The van der Waals surface area contributed by atoms with Crippen LogP contribution < -0.4 is 0 Å². The van der Waals surface area contributed by atoms with E-state index >= 15 is 0 Å². The van der Waals surface area contributed by atoms with Crippen LogP contribution in [0.2, 0.25) is 0 Å². The quantitative estimate of drug-likeness (QED) is 0.501. The number of hydrogen-bond acceptors (Lipinski definition) is 1. The van der Waals surface area contributed by atoms with E-state index in [1.807, 2.05) is 54.9 Å². The minimum atomic E-state index is -4.47. The summed E-state index contributed by atoms with van der Waals surface area (Å²) in [5.74, 6) is 0.144. The van der Waals surface area contributed by atoms with Crippen molar-refractivity contribution in [1.29, 1.82) is 0 Å². The average Bonchev–Trinajstić information content (AvgIpc) is 3.16. The zero-order chi connectivity index (χ0) is 17.8. The molecule has 0 spiro atoms. The second-order valence-electron chi connectivity index (χ2n) is 6.42. The standard InChI is InChI=1S/C19H16F3N3/c1-11(2)16-10-13-3-6-17(19(20,21)22)24-18(13)25(16)14-4-5-15-12(9-14)7-8-23-15/h3-11,23H,1-2H3. The molecule has 3 nitrogen and oxygen atoms in total. The number of nitrogens with zero attached hydrogens (tertiary/aromatic N) is 2. The maximum Gasteiger partial charge on any atom is 0.433 e. The molecule has 0 atom stereocenters. The highest BCUT2D eigenvalue weighted by Gasteiger charge is 2.33. The predicted molar refractivity (Wildman–Crippen MR) is 92.0 cm³/mol. The number of fused-ring (bicyclic) bond motifs is 2. The number of benzene rings is 1. The van der Waals surface area contributed by atoms with E-state index in [1.54, 1.807) is 0 Å². The Morgan fingerprint density at radius 2 is 1.80 bits per heavy atom. The lowest BCUT2D eigenvalue weighted by atomic mass is 10.1. The number of alkyl halides is 3. The van der Waals surface area contributed by atoms with Crippen LogP contribution in [0.15, 0.2) is 48.7 Å². The first-order valence-corrected chi connectivity index (χ1v) is 8.02. The van der Waals surface area contributed by atoms with E-state index in [2.05, 4.69) is 9.97 Å². The van der Waals surface area contributed by atoms with E-state index in [-0.39, 0.29) is 5.92 Å². The van der Waals surface area contributed by atoms with Crippen molar-refractivity contribution in [2.45, 2.75) is 25.9 Å². The number of H-pyrrole nitrogens is 1. The third-order valence-electron chi connectivity index (χ3n) is 4.36. The molecule has 1 aromatic carbocycles.